The van der Waals surface area contributed by atoms with E-state index in [4.69, 9.17) is 4.18 Å². The van der Waals surface area contributed by atoms with Crippen molar-refractivity contribution in [1.29, 1.82) is 0 Å². The minimum atomic E-state index is -4.17. The maximum Gasteiger partial charge on any atom is 0.339 e. The molecule has 4 aromatic rings. The molecule has 2 atom stereocenters. The highest BCUT2D eigenvalue weighted by Gasteiger charge is 2.62. The fraction of sp³-hybridized carbons (Fsp3) is 0.133. The highest BCUT2D eigenvalue weighted by atomic mass is 32.2. The van der Waals surface area contributed by atoms with Gasteiger partial charge >= 0.3 is 10.1 Å². The monoisotopic (exact) mass is 507 g/mol. The molecule has 2 bridgehead atoms. The van der Waals surface area contributed by atoms with Crippen molar-refractivity contribution in [3.63, 3.8) is 0 Å². The third-order valence-corrected chi connectivity index (χ3v) is 9.03. The Morgan fingerprint density at radius 3 is 1.51 bits per heavy atom. The van der Waals surface area contributed by atoms with Crippen molar-refractivity contribution >= 4 is 27.6 Å². The molecule has 0 radical (unpaired) electrons. The molecule has 37 heavy (non-hydrogen) atoms. The van der Waals surface area contributed by atoms with Crippen LogP contribution in [0, 0.1) is 11.8 Å². The van der Waals surface area contributed by atoms with Gasteiger partial charge in [-0.1, -0.05) is 78.9 Å². The average Bonchev–Trinajstić information content (AvgIpc) is 3.19. The first kappa shape index (κ1) is 22.0. The Bertz CT molecular complexity index is 1580. The zero-order chi connectivity index (χ0) is 25.3. The zero-order valence-electron chi connectivity index (χ0n) is 19.5. The second-order valence-electron chi connectivity index (χ2n) is 9.59. The maximum absolute atomic E-state index is 14.0. The van der Waals surface area contributed by atoms with Crippen molar-refractivity contribution in [2.75, 3.05) is 4.90 Å². The lowest BCUT2D eigenvalue weighted by atomic mass is 9.55. The average molecular weight is 508 g/mol. The summed E-state index contributed by atoms with van der Waals surface area (Å²) in [5.74, 6) is -2.35. The highest BCUT2D eigenvalue weighted by molar-refractivity contribution is 7.87. The van der Waals surface area contributed by atoms with Crippen LogP contribution in [0.5, 0.6) is 5.75 Å². The normalized spacial score (nSPS) is 23.4. The van der Waals surface area contributed by atoms with Crippen LogP contribution >= 0.6 is 0 Å². The number of para-hydroxylation sites is 2. The number of amides is 2. The Kier molecular flexibility index (Phi) is 4.69. The summed E-state index contributed by atoms with van der Waals surface area (Å²) in [6.45, 7) is 0. The Balaban J connectivity index is 1.34. The van der Waals surface area contributed by atoms with Gasteiger partial charge in [0.1, 0.15) is 4.90 Å². The summed E-state index contributed by atoms with van der Waals surface area (Å²) in [6.07, 6.45) is 0. The van der Waals surface area contributed by atoms with E-state index >= 15 is 0 Å². The van der Waals surface area contributed by atoms with Crippen LogP contribution in [0.1, 0.15) is 34.1 Å². The van der Waals surface area contributed by atoms with Gasteiger partial charge in [-0.25, -0.2) is 4.90 Å². The molecule has 182 valence electrons. The fourth-order valence-corrected chi connectivity index (χ4v) is 7.34. The molecule has 1 heterocycles. The van der Waals surface area contributed by atoms with Crippen molar-refractivity contribution in [3.8, 4) is 5.75 Å². The summed E-state index contributed by atoms with van der Waals surface area (Å²) in [5.41, 5.74) is 4.44. The second-order valence-corrected chi connectivity index (χ2v) is 11.1. The first-order valence-corrected chi connectivity index (χ1v) is 13.5. The van der Waals surface area contributed by atoms with Gasteiger partial charge in [-0.2, -0.15) is 8.42 Å². The molecule has 4 aromatic carbocycles. The van der Waals surface area contributed by atoms with E-state index in [0.717, 1.165) is 27.2 Å². The third kappa shape index (κ3) is 3.07. The van der Waals surface area contributed by atoms with Crippen LogP contribution in [0.15, 0.2) is 108 Å². The van der Waals surface area contributed by atoms with Crippen molar-refractivity contribution in [2.24, 2.45) is 11.8 Å². The summed E-state index contributed by atoms with van der Waals surface area (Å²) in [7, 11) is -4.17. The van der Waals surface area contributed by atoms with Gasteiger partial charge < -0.3 is 4.18 Å². The molecule has 4 aliphatic rings. The largest absolute Gasteiger partial charge is 0.377 e. The third-order valence-electron chi connectivity index (χ3n) is 7.79. The maximum atomic E-state index is 14.0. The van der Waals surface area contributed by atoms with Crippen LogP contribution in [-0.4, -0.2) is 20.2 Å². The van der Waals surface area contributed by atoms with Gasteiger partial charge in [-0.05, 0) is 46.5 Å². The van der Waals surface area contributed by atoms with Crippen molar-refractivity contribution in [3.05, 3.63) is 125 Å². The van der Waals surface area contributed by atoms with E-state index in [1.165, 1.54) is 18.2 Å². The number of carbonyl (C=O) groups is 2. The molecule has 3 aliphatic carbocycles. The van der Waals surface area contributed by atoms with Crippen LogP contribution in [-0.2, 0) is 19.7 Å². The second kappa shape index (κ2) is 7.88. The van der Waals surface area contributed by atoms with Crippen LogP contribution < -0.4 is 9.08 Å². The van der Waals surface area contributed by atoms with Crippen molar-refractivity contribution in [1.82, 2.24) is 0 Å². The van der Waals surface area contributed by atoms with Crippen molar-refractivity contribution in [2.45, 2.75) is 16.7 Å². The highest BCUT2D eigenvalue weighted by Crippen LogP contribution is 2.61. The van der Waals surface area contributed by atoms with Gasteiger partial charge in [0.2, 0.25) is 11.8 Å². The first-order valence-electron chi connectivity index (χ1n) is 12.1. The van der Waals surface area contributed by atoms with Gasteiger partial charge in [-0.3, -0.25) is 9.59 Å². The lowest BCUT2D eigenvalue weighted by molar-refractivity contribution is -0.122. The molecule has 0 unspecified atom stereocenters. The van der Waals surface area contributed by atoms with Gasteiger partial charge in [0.25, 0.3) is 0 Å². The standard InChI is InChI=1S/C30H21NO5S/c32-29-27-25-19-12-4-5-13-20(19)26(22-15-7-6-14-21(22)25)28(27)30(33)31(29)23-16-8-9-17-24(23)36-37(34,35)18-10-2-1-3-11-18/h1-17,25-28H/t25?,26?,27-,28-/m1/s1. The van der Waals surface area contributed by atoms with Crippen LogP contribution in [0.2, 0.25) is 0 Å². The van der Waals surface area contributed by atoms with E-state index in [1.54, 1.807) is 36.4 Å². The molecule has 1 fully saturated rings. The van der Waals surface area contributed by atoms with E-state index in [0.29, 0.717) is 0 Å². The number of anilines is 1. The van der Waals surface area contributed by atoms with Gasteiger partial charge in [0.15, 0.2) is 5.75 Å². The Labute approximate surface area is 214 Å². The SMILES string of the molecule is O=C1[C@@H]2C3c4ccccc4C(c4ccccc43)[C@H]2C(=O)N1c1ccccc1OS(=O)(=O)c1ccccc1. The van der Waals surface area contributed by atoms with E-state index in [1.807, 2.05) is 48.5 Å². The molecule has 1 saturated heterocycles. The summed E-state index contributed by atoms with van der Waals surface area (Å²) in [4.78, 5) is 29.2. The van der Waals surface area contributed by atoms with E-state index in [2.05, 4.69) is 0 Å². The predicted molar refractivity (Wildman–Crippen MR) is 137 cm³/mol. The minimum Gasteiger partial charge on any atom is -0.377 e. The van der Waals surface area contributed by atoms with E-state index < -0.39 is 22.0 Å². The molecule has 2 amide bonds. The Morgan fingerprint density at radius 2 is 1.00 bits per heavy atom. The molecule has 0 N–H and O–H groups in total. The number of rotatable bonds is 4. The number of hydrogen-bond donors (Lipinski definition) is 0. The molecule has 7 heteroatoms. The summed E-state index contributed by atoms with van der Waals surface area (Å²) in [5, 5.41) is 0. The number of imide groups is 1. The van der Waals surface area contributed by atoms with Crippen LogP contribution in [0.25, 0.3) is 0 Å². The zero-order valence-corrected chi connectivity index (χ0v) is 20.3. The summed E-state index contributed by atoms with van der Waals surface area (Å²) < 4.78 is 31.5. The number of hydrogen-bond acceptors (Lipinski definition) is 5. The topological polar surface area (TPSA) is 80.8 Å². The summed E-state index contributed by atoms with van der Waals surface area (Å²) >= 11 is 0. The van der Waals surface area contributed by atoms with Crippen molar-refractivity contribution < 1.29 is 22.2 Å². The van der Waals surface area contributed by atoms with Gasteiger partial charge in [0, 0.05) is 11.8 Å². The number of carbonyl (C=O) groups excluding carboxylic acids is 2. The summed E-state index contributed by atoms with van der Waals surface area (Å²) in [6, 6.07) is 30.1. The molecule has 8 rings (SSSR count). The smallest absolute Gasteiger partial charge is 0.339 e. The van der Waals surface area contributed by atoms with Crippen LogP contribution in [0.3, 0.4) is 0 Å². The minimum absolute atomic E-state index is 0.0125. The molecule has 0 saturated carbocycles. The predicted octanol–water partition coefficient (Wildman–Crippen LogP) is 4.85. The molecule has 0 aromatic heterocycles. The first-order chi connectivity index (χ1) is 18.0. The lowest BCUT2D eigenvalue weighted by Gasteiger charge is -2.45. The number of benzene rings is 4. The molecular weight excluding hydrogens is 486 g/mol. The van der Waals surface area contributed by atoms with E-state index in [-0.39, 0.29) is 40.0 Å². The molecule has 6 nitrogen and oxygen atoms in total. The number of nitrogens with zero attached hydrogens (tertiary/aromatic N) is 1. The molecule has 1 aliphatic heterocycles. The molecular formula is C30H21NO5S. The Hall–Kier alpha value is -4.23. The van der Waals surface area contributed by atoms with Gasteiger partial charge in [0.05, 0.1) is 17.5 Å². The van der Waals surface area contributed by atoms with E-state index in [9.17, 15) is 18.0 Å². The Morgan fingerprint density at radius 1 is 0.568 bits per heavy atom. The van der Waals surface area contributed by atoms with Crippen LogP contribution in [0.4, 0.5) is 5.69 Å². The lowest BCUT2D eigenvalue weighted by Crippen LogP contribution is -2.41. The fourth-order valence-electron chi connectivity index (χ4n) is 6.38. The quantitative estimate of drug-likeness (QED) is 0.291. The molecule has 0 spiro atoms. The van der Waals surface area contributed by atoms with Gasteiger partial charge in [-0.15, -0.1) is 0 Å².